The van der Waals surface area contributed by atoms with Gasteiger partial charge < -0.3 is 19.7 Å². The van der Waals surface area contributed by atoms with Gasteiger partial charge in [-0.2, -0.15) is 8.78 Å². The first-order chi connectivity index (χ1) is 18.0. The number of alkyl halides is 2. The molecule has 7 atom stereocenters. The van der Waals surface area contributed by atoms with Crippen LogP contribution in [0.2, 0.25) is 0 Å². The molecule has 6 nitrogen and oxygen atoms in total. The van der Waals surface area contributed by atoms with E-state index >= 15 is 0 Å². The summed E-state index contributed by atoms with van der Waals surface area (Å²) in [6, 6.07) is 0. The molecule has 1 unspecified atom stereocenters. The van der Waals surface area contributed by atoms with Gasteiger partial charge in [-0.1, -0.05) is 30.7 Å². The van der Waals surface area contributed by atoms with Gasteiger partial charge in [0.05, 0.1) is 24.7 Å². The van der Waals surface area contributed by atoms with Crippen molar-refractivity contribution in [3.05, 3.63) is 23.8 Å². The molecule has 0 bridgehead atoms. The Hall–Kier alpha value is -2.24. The second kappa shape index (κ2) is 13.2. The molecule has 0 spiro atoms. The Morgan fingerprint density at radius 1 is 1.34 bits per heavy atom. The van der Waals surface area contributed by atoms with Gasteiger partial charge in [-0.15, -0.1) is 5.92 Å². The third kappa shape index (κ3) is 8.15. The summed E-state index contributed by atoms with van der Waals surface area (Å²) < 4.78 is 70.1. The highest BCUT2D eigenvalue weighted by Crippen LogP contribution is 2.50. The maximum absolute atomic E-state index is 14.0. The average molecular weight is 501 g/mol. The van der Waals surface area contributed by atoms with Crippen molar-refractivity contribution in [1.82, 2.24) is 0 Å². The molecule has 2 saturated carbocycles. The molecule has 35 heavy (non-hydrogen) atoms. The van der Waals surface area contributed by atoms with Crippen molar-refractivity contribution in [2.45, 2.75) is 90.4 Å². The van der Waals surface area contributed by atoms with Crippen molar-refractivity contribution >= 4 is 11.9 Å². The number of hydrogen-bond acceptors (Lipinski definition) is 6. The van der Waals surface area contributed by atoms with E-state index in [1.54, 1.807) is 25.0 Å². The number of fused-ring (bicyclic) bond motifs is 1. The molecule has 8 heteroatoms. The minimum Gasteiger partial charge on any atom is -0.463 e. The number of carbonyl (C=O) groups is 2. The Labute approximate surface area is 212 Å². The van der Waals surface area contributed by atoms with Gasteiger partial charge in [-0.05, 0) is 70.6 Å². The first-order valence-corrected chi connectivity index (χ1v) is 11.9. The topological polar surface area (TPSA) is 93.1 Å². The van der Waals surface area contributed by atoms with Crippen LogP contribution in [-0.2, 0) is 19.1 Å². The van der Waals surface area contributed by atoms with Crippen molar-refractivity contribution in [3.63, 3.8) is 0 Å². The van der Waals surface area contributed by atoms with Gasteiger partial charge in [-0.25, -0.2) is 4.79 Å². The number of aliphatic hydroxyl groups is 2. The van der Waals surface area contributed by atoms with Crippen LogP contribution in [0.15, 0.2) is 23.8 Å². The van der Waals surface area contributed by atoms with Crippen LogP contribution in [0.4, 0.5) is 8.78 Å². The fraction of sp³-hybridized carbons (Fsp3) is 0.704. The summed E-state index contributed by atoms with van der Waals surface area (Å²) in [4.78, 5) is 24.0. The highest BCUT2D eigenvalue weighted by Gasteiger charge is 2.45. The molecule has 2 aliphatic carbocycles. The maximum Gasteiger partial charge on any atom is 0.347 e. The summed E-state index contributed by atoms with van der Waals surface area (Å²) >= 11 is 0. The zero-order valence-electron chi connectivity index (χ0n) is 24.6. The van der Waals surface area contributed by atoms with Gasteiger partial charge in [0.1, 0.15) is 0 Å². The first-order valence-electron chi connectivity index (χ1n) is 13.9. The number of allylic oxidation sites excluding steroid dienone is 2. The van der Waals surface area contributed by atoms with Crippen LogP contribution in [0, 0.1) is 35.5 Å². The summed E-state index contributed by atoms with van der Waals surface area (Å²) in [6.07, 6.45) is -3.84. The molecule has 0 aromatic carbocycles. The number of hydrogen-bond donors (Lipinski definition) is 2. The Morgan fingerprint density at radius 3 is 2.71 bits per heavy atom. The van der Waals surface area contributed by atoms with E-state index < -0.39 is 67.2 Å². The lowest BCUT2D eigenvalue weighted by Crippen LogP contribution is -2.33. The minimum absolute atomic E-state index is 0.0431. The van der Waals surface area contributed by atoms with E-state index in [4.69, 9.17) is 15.0 Å². The van der Waals surface area contributed by atoms with Gasteiger partial charge in [0, 0.05) is 17.8 Å². The van der Waals surface area contributed by atoms with Crippen molar-refractivity contribution in [2.24, 2.45) is 23.7 Å². The molecule has 0 amide bonds. The normalized spacial score (nSPS) is 30.2. The zero-order chi connectivity index (χ0) is 29.8. The van der Waals surface area contributed by atoms with Gasteiger partial charge in [0.15, 0.2) is 6.10 Å². The summed E-state index contributed by atoms with van der Waals surface area (Å²) in [5, 5.41) is 20.8. The lowest BCUT2D eigenvalue weighted by molar-refractivity contribution is -0.166. The molecule has 0 saturated heterocycles. The molecule has 2 N–H and O–H groups in total. The van der Waals surface area contributed by atoms with E-state index in [0.717, 1.165) is 5.57 Å². The first kappa shape index (κ1) is 23.2. The van der Waals surface area contributed by atoms with Crippen molar-refractivity contribution in [2.75, 3.05) is 6.61 Å². The van der Waals surface area contributed by atoms with Crippen LogP contribution in [0.3, 0.4) is 0 Å². The smallest absolute Gasteiger partial charge is 0.347 e. The van der Waals surface area contributed by atoms with Crippen LogP contribution in [0.1, 0.15) is 71.6 Å². The standard InChI is InChI=1S/C27H38F2O6/c1-5-13-27(28,29)17(3)23(30)12-11-21-22-15-19(14-20(22)16-24(21)31)9-7-8-10-25(32)35-18(4)26(33)34-6-2/h9,11-12,17-18,20-24,30-31H,6-8,10,14-16H2,1-4H3/b12-11+,19-9+/t17?,18-,20-,21+,22-,23+,24+/m0/s1/i8D2,10D2. The second-order valence-electron chi connectivity index (χ2n) is 9.04. The summed E-state index contributed by atoms with van der Waals surface area (Å²) in [5.41, 5.74) is 0.835. The highest BCUT2D eigenvalue weighted by atomic mass is 19.3. The third-order valence-electron chi connectivity index (χ3n) is 6.60. The number of ether oxygens (including phenoxy) is 2. The molecular weight excluding hydrogens is 458 g/mol. The van der Waals surface area contributed by atoms with Crippen LogP contribution < -0.4 is 0 Å². The number of halogens is 2. The van der Waals surface area contributed by atoms with Gasteiger partial charge in [0.2, 0.25) is 0 Å². The predicted octanol–water partition coefficient (Wildman–Crippen LogP) is 4.20. The predicted molar refractivity (Wildman–Crippen MR) is 127 cm³/mol. The van der Waals surface area contributed by atoms with Gasteiger partial charge >= 0.3 is 17.9 Å². The minimum atomic E-state index is -3.37. The molecule has 0 aliphatic heterocycles. The summed E-state index contributed by atoms with van der Waals surface area (Å²) in [6.45, 7) is 5.31. The summed E-state index contributed by atoms with van der Waals surface area (Å²) in [7, 11) is 0. The number of aliphatic hydroxyl groups excluding tert-OH is 2. The van der Waals surface area contributed by atoms with Crippen molar-refractivity contribution in [3.8, 4) is 11.8 Å². The quantitative estimate of drug-likeness (QED) is 0.251. The largest absolute Gasteiger partial charge is 0.463 e. The van der Waals surface area contributed by atoms with E-state index in [1.807, 2.05) is 0 Å². The fourth-order valence-electron chi connectivity index (χ4n) is 4.66. The van der Waals surface area contributed by atoms with Crippen LogP contribution in [0.5, 0.6) is 0 Å². The van der Waals surface area contributed by atoms with Crippen molar-refractivity contribution in [1.29, 1.82) is 0 Å². The Kier molecular flexibility index (Phi) is 8.72. The maximum atomic E-state index is 14.0. The van der Waals surface area contributed by atoms with E-state index in [-0.39, 0.29) is 18.4 Å². The molecule has 0 heterocycles. The summed E-state index contributed by atoms with van der Waals surface area (Å²) in [5.74, 6) is -3.61. The Bertz CT molecular complexity index is 1020. The van der Waals surface area contributed by atoms with Crippen LogP contribution >= 0.6 is 0 Å². The Morgan fingerprint density at radius 2 is 2.06 bits per heavy atom. The number of carbonyl (C=O) groups excluding carboxylic acids is 2. The molecule has 2 rings (SSSR count). The second-order valence-corrected chi connectivity index (χ2v) is 9.04. The van der Waals surface area contributed by atoms with Crippen LogP contribution in [-0.4, -0.2) is 53.0 Å². The SMILES string of the molecule is [2H]C([2H])(C/C=C1\C[C@H]2C[C@@H](O)[C@H](/C=C/[C@@H](O)C(C)C(F)(F)C#CC)[C@H]2C1)C([2H])([2H])C(=O)O[C@@H](C)C(=O)OCC. The fourth-order valence-corrected chi connectivity index (χ4v) is 4.66. The molecule has 0 radical (unpaired) electrons. The van der Waals surface area contributed by atoms with E-state index in [2.05, 4.69) is 5.92 Å². The molecule has 0 aromatic heterocycles. The average Bonchev–Trinajstić information content (AvgIpc) is 3.36. The molecular formula is C27H38F2O6. The zero-order valence-corrected chi connectivity index (χ0v) is 20.6. The Balaban J connectivity index is 2.06. The third-order valence-corrected chi connectivity index (χ3v) is 6.60. The monoisotopic (exact) mass is 500 g/mol. The lowest BCUT2D eigenvalue weighted by Gasteiger charge is -2.23. The van der Waals surface area contributed by atoms with Gasteiger partial charge in [0.25, 0.3) is 0 Å². The van der Waals surface area contributed by atoms with Crippen molar-refractivity contribution < 1.29 is 43.5 Å². The van der Waals surface area contributed by atoms with Gasteiger partial charge in [-0.3, -0.25) is 4.79 Å². The number of rotatable bonds is 11. The van der Waals surface area contributed by atoms with E-state index in [9.17, 15) is 28.6 Å². The number of esters is 2. The molecule has 2 fully saturated rings. The van der Waals surface area contributed by atoms with E-state index in [0.29, 0.717) is 19.3 Å². The molecule has 2 aliphatic rings. The highest BCUT2D eigenvalue weighted by molar-refractivity contribution is 5.78. The molecule has 0 aromatic rings. The lowest BCUT2D eigenvalue weighted by atomic mass is 9.89. The molecule has 196 valence electrons. The van der Waals surface area contributed by atoms with Crippen LogP contribution in [0.25, 0.3) is 0 Å². The van der Waals surface area contributed by atoms with E-state index in [1.165, 1.54) is 26.8 Å².